The van der Waals surface area contributed by atoms with Crippen LogP contribution >= 0.6 is 35.6 Å². The van der Waals surface area contributed by atoms with Crippen molar-refractivity contribution in [2.24, 2.45) is 10.7 Å². The fourth-order valence-electron chi connectivity index (χ4n) is 1.93. The average molecular weight is 380 g/mol. The molecule has 1 aliphatic carbocycles. The van der Waals surface area contributed by atoms with E-state index in [0.717, 1.165) is 24.4 Å². The van der Waals surface area contributed by atoms with Crippen LogP contribution in [-0.2, 0) is 0 Å². The van der Waals surface area contributed by atoms with Gasteiger partial charge >= 0.3 is 0 Å². The maximum Gasteiger partial charge on any atom is 0.188 e. The summed E-state index contributed by atoms with van der Waals surface area (Å²) in [5, 5.41) is 4.03. The SMILES string of the molecule is CCCN=C(N)NC1CC1c1cccc(Cl)c1.I. The summed E-state index contributed by atoms with van der Waals surface area (Å²) in [5.41, 5.74) is 7.06. The van der Waals surface area contributed by atoms with Gasteiger partial charge in [0.25, 0.3) is 0 Å². The third kappa shape index (κ3) is 4.31. The Kier molecular flexibility index (Phi) is 6.21. The molecular weight excluding hydrogens is 361 g/mol. The number of aliphatic imine (C=N–C) groups is 1. The summed E-state index contributed by atoms with van der Waals surface area (Å²) in [7, 11) is 0. The largest absolute Gasteiger partial charge is 0.370 e. The summed E-state index contributed by atoms with van der Waals surface area (Å²) in [6.45, 7) is 2.87. The Morgan fingerprint density at radius 3 is 3.00 bits per heavy atom. The monoisotopic (exact) mass is 379 g/mol. The maximum atomic E-state index is 5.97. The van der Waals surface area contributed by atoms with E-state index < -0.39 is 0 Å². The molecular formula is C13H19ClIN3. The topological polar surface area (TPSA) is 50.4 Å². The summed E-state index contributed by atoms with van der Waals surface area (Å²) in [5.74, 6) is 1.07. The Labute approximate surface area is 130 Å². The highest BCUT2D eigenvalue weighted by Crippen LogP contribution is 2.41. The van der Waals surface area contributed by atoms with Gasteiger partial charge in [0, 0.05) is 23.5 Å². The van der Waals surface area contributed by atoms with Crippen LogP contribution in [0.1, 0.15) is 31.2 Å². The molecule has 0 heterocycles. The van der Waals surface area contributed by atoms with Gasteiger partial charge in [-0.15, -0.1) is 24.0 Å². The third-order valence-corrected chi connectivity index (χ3v) is 3.14. The molecule has 0 aromatic heterocycles. The molecule has 3 nitrogen and oxygen atoms in total. The minimum Gasteiger partial charge on any atom is -0.370 e. The van der Waals surface area contributed by atoms with Crippen LogP contribution < -0.4 is 11.1 Å². The molecule has 2 unspecified atom stereocenters. The Morgan fingerprint density at radius 1 is 1.56 bits per heavy atom. The number of benzene rings is 1. The van der Waals surface area contributed by atoms with Gasteiger partial charge < -0.3 is 11.1 Å². The van der Waals surface area contributed by atoms with Crippen LogP contribution in [0.25, 0.3) is 0 Å². The molecule has 2 rings (SSSR count). The molecule has 3 N–H and O–H groups in total. The molecule has 1 aliphatic rings. The second kappa shape index (κ2) is 7.19. The Morgan fingerprint density at radius 2 is 2.33 bits per heavy atom. The number of halogens is 2. The quantitative estimate of drug-likeness (QED) is 0.480. The van der Waals surface area contributed by atoms with Crippen molar-refractivity contribution < 1.29 is 0 Å². The predicted octanol–water partition coefficient (Wildman–Crippen LogP) is 3.13. The number of rotatable bonds is 4. The van der Waals surface area contributed by atoms with Crippen molar-refractivity contribution in [3.63, 3.8) is 0 Å². The number of nitrogens with two attached hydrogens (primary N) is 1. The van der Waals surface area contributed by atoms with E-state index in [1.807, 2.05) is 18.2 Å². The lowest BCUT2D eigenvalue weighted by atomic mass is 10.1. The van der Waals surface area contributed by atoms with Gasteiger partial charge in [0.05, 0.1) is 0 Å². The molecule has 0 spiro atoms. The molecule has 1 aromatic rings. The van der Waals surface area contributed by atoms with Crippen molar-refractivity contribution in [1.82, 2.24) is 5.32 Å². The van der Waals surface area contributed by atoms with Gasteiger partial charge in [-0.3, -0.25) is 4.99 Å². The first-order valence-electron chi connectivity index (χ1n) is 6.02. The van der Waals surface area contributed by atoms with E-state index in [9.17, 15) is 0 Å². The Balaban J connectivity index is 0.00000162. The second-order valence-corrected chi connectivity index (χ2v) is 4.85. The minimum atomic E-state index is 0. The van der Waals surface area contributed by atoms with Crippen molar-refractivity contribution >= 4 is 41.5 Å². The Hall–Kier alpha value is -0.490. The van der Waals surface area contributed by atoms with Crippen molar-refractivity contribution in [3.8, 4) is 0 Å². The van der Waals surface area contributed by atoms with Gasteiger partial charge in [0.15, 0.2) is 5.96 Å². The van der Waals surface area contributed by atoms with Crippen molar-refractivity contribution in [3.05, 3.63) is 34.9 Å². The smallest absolute Gasteiger partial charge is 0.188 e. The van der Waals surface area contributed by atoms with Crippen LogP contribution in [0.5, 0.6) is 0 Å². The number of nitrogens with one attached hydrogen (secondary N) is 1. The lowest BCUT2D eigenvalue weighted by Crippen LogP contribution is -2.34. The van der Waals surface area contributed by atoms with Gasteiger partial charge in [-0.25, -0.2) is 0 Å². The Bertz CT molecular complexity index is 422. The summed E-state index contributed by atoms with van der Waals surface area (Å²) in [6, 6.07) is 8.42. The van der Waals surface area contributed by atoms with Crippen LogP contribution in [0.15, 0.2) is 29.3 Å². The zero-order valence-corrected chi connectivity index (χ0v) is 13.5. The van der Waals surface area contributed by atoms with Crippen LogP contribution in [0, 0.1) is 0 Å². The zero-order valence-electron chi connectivity index (χ0n) is 10.4. The predicted molar refractivity (Wildman–Crippen MR) is 87.9 cm³/mol. The lowest BCUT2D eigenvalue weighted by Gasteiger charge is -2.05. The summed E-state index contributed by atoms with van der Waals surface area (Å²) in [4.78, 5) is 4.23. The number of guanidine groups is 1. The molecule has 1 saturated carbocycles. The molecule has 0 radical (unpaired) electrons. The van der Waals surface area contributed by atoms with E-state index in [-0.39, 0.29) is 24.0 Å². The molecule has 0 aliphatic heterocycles. The molecule has 1 aromatic carbocycles. The zero-order chi connectivity index (χ0) is 12.3. The standard InChI is InChI=1S/C13H18ClN3.HI/c1-2-6-16-13(15)17-12-8-11(12)9-4-3-5-10(14)7-9;/h3-5,7,11-12H,2,6,8H2,1H3,(H3,15,16,17);1H. The van der Waals surface area contributed by atoms with Crippen molar-refractivity contribution in [2.45, 2.75) is 31.7 Å². The number of nitrogens with zero attached hydrogens (tertiary/aromatic N) is 1. The van der Waals surface area contributed by atoms with Crippen LogP contribution in [0.4, 0.5) is 0 Å². The molecule has 1 fully saturated rings. The molecule has 0 amide bonds. The molecule has 0 saturated heterocycles. The number of hydrogen-bond donors (Lipinski definition) is 2. The van der Waals surface area contributed by atoms with Crippen molar-refractivity contribution in [1.29, 1.82) is 0 Å². The van der Waals surface area contributed by atoms with Crippen LogP contribution in [-0.4, -0.2) is 18.5 Å². The first-order chi connectivity index (χ1) is 8.20. The van der Waals surface area contributed by atoms with E-state index in [2.05, 4.69) is 23.3 Å². The molecule has 18 heavy (non-hydrogen) atoms. The first kappa shape index (κ1) is 15.6. The van der Waals surface area contributed by atoms with Gasteiger partial charge in [0.1, 0.15) is 0 Å². The third-order valence-electron chi connectivity index (χ3n) is 2.91. The normalized spacial score (nSPS) is 22.2. The fraction of sp³-hybridized carbons (Fsp3) is 0.462. The van der Waals surface area contributed by atoms with Gasteiger partial charge in [0.2, 0.25) is 0 Å². The van der Waals surface area contributed by atoms with E-state index >= 15 is 0 Å². The maximum absolute atomic E-state index is 5.97. The highest BCUT2D eigenvalue weighted by molar-refractivity contribution is 14.0. The summed E-state index contributed by atoms with van der Waals surface area (Å²) in [6.07, 6.45) is 2.12. The van der Waals surface area contributed by atoms with E-state index in [4.69, 9.17) is 17.3 Å². The fourth-order valence-corrected chi connectivity index (χ4v) is 2.13. The highest BCUT2D eigenvalue weighted by atomic mass is 127. The van der Waals surface area contributed by atoms with Crippen LogP contribution in [0.3, 0.4) is 0 Å². The average Bonchev–Trinajstić information content (AvgIpc) is 3.05. The summed E-state index contributed by atoms with van der Waals surface area (Å²) >= 11 is 5.97. The first-order valence-corrected chi connectivity index (χ1v) is 6.40. The highest BCUT2D eigenvalue weighted by Gasteiger charge is 2.38. The molecule has 2 atom stereocenters. The lowest BCUT2D eigenvalue weighted by molar-refractivity contribution is 0.838. The second-order valence-electron chi connectivity index (χ2n) is 4.41. The molecule has 100 valence electrons. The van der Waals surface area contributed by atoms with Gasteiger partial charge in [-0.2, -0.15) is 0 Å². The van der Waals surface area contributed by atoms with E-state index in [0.29, 0.717) is 17.9 Å². The summed E-state index contributed by atoms with van der Waals surface area (Å²) < 4.78 is 0. The van der Waals surface area contributed by atoms with Crippen LogP contribution in [0.2, 0.25) is 5.02 Å². The van der Waals surface area contributed by atoms with Gasteiger partial charge in [-0.05, 0) is 30.5 Å². The number of hydrogen-bond acceptors (Lipinski definition) is 1. The molecule has 0 bridgehead atoms. The van der Waals surface area contributed by atoms with E-state index in [1.54, 1.807) is 0 Å². The molecule has 5 heteroatoms. The van der Waals surface area contributed by atoms with Gasteiger partial charge in [-0.1, -0.05) is 30.7 Å². The van der Waals surface area contributed by atoms with Crippen molar-refractivity contribution in [2.75, 3.05) is 6.54 Å². The minimum absolute atomic E-state index is 0. The van der Waals surface area contributed by atoms with E-state index in [1.165, 1.54) is 5.56 Å².